The number of rotatable bonds is 4. The molecule has 0 fully saturated rings. The highest BCUT2D eigenvalue weighted by molar-refractivity contribution is 4.99. The van der Waals surface area contributed by atoms with Crippen molar-refractivity contribution < 1.29 is 0 Å². The molecule has 0 rings (SSSR count). The summed E-state index contributed by atoms with van der Waals surface area (Å²) in [6.45, 7) is 10.3. The van der Waals surface area contributed by atoms with Gasteiger partial charge in [-0.3, -0.25) is 0 Å². The Morgan fingerprint density at radius 1 is 1.60 bits per heavy atom. The van der Waals surface area contributed by atoms with Gasteiger partial charge in [-0.1, -0.05) is 24.6 Å². The molecule has 0 saturated carbocycles. The largest absolute Gasteiger partial charge is 0.103 e. The first kappa shape index (κ1) is 9.48. The molecular weight excluding hydrogens is 120 g/mol. The maximum absolute atomic E-state index is 3.79. The molecule has 10 heavy (non-hydrogen) atoms. The van der Waals surface area contributed by atoms with E-state index in [0.717, 1.165) is 0 Å². The molecule has 0 heterocycles. The van der Waals surface area contributed by atoms with Crippen LogP contribution in [-0.4, -0.2) is 0 Å². The third kappa shape index (κ3) is 3.49. The van der Waals surface area contributed by atoms with Gasteiger partial charge in [-0.15, -0.1) is 6.58 Å². The molecule has 0 spiro atoms. The summed E-state index contributed by atoms with van der Waals surface area (Å²) in [4.78, 5) is 0. The number of allylic oxidation sites excluding steroid dienone is 3. The monoisotopic (exact) mass is 138 g/mol. The summed E-state index contributed by atoms with van der Waals surface area (Å²) in [5, 5.41) is 0. The van der Waals surface area contributed by atoms with Crippen LogP contribution < -0.4 is 0 Å². The van der Waals surface area contributed by atoms with Gasteiger partial charge < -0.3 is 0 Å². The Kier molecular flexibility index (Phi) is 5.00. The van der Waals surface area contributed by atoms with Gasteiger partial charge in [0.15, 0.2) is 0 Å². The van der Waals surface area contributed by atoms with E-state index in [1.807, 2.05) is 6.08 Å². The zero-order valence-electron chi connectivity index (χ0n) is 7.35. The fourth-order valence-electron chi connectivity index (χ4n) is 0.926. The van der Waals surface area contributed by atoms with Crippen LogP contribution in [-0.2, 0) is 0 Å². The summed E-state index contributed by atoms with van der Waals surface area (Å²) in [6, 6.07) is 0. The predicted molar refractivity (Wildman–Crippen MR) is 48.0 cm³/mol. The van der Waals surface area contributed by atoms with Crippen molar-refractivity contribution in [3.63, 3.8) is 0 Å². The van der Waals surface area contributed by atoms with Crippen LogP contribution in [0.4, 0.5) is 0 Å². The molecule has 58 valence electrons. The topological polar surface area (TPSA) is 0 Å². The van der Waals surface area contributed by atoms with Gasteiger partial charge in [-0.2, -0.15) is 0 Å². The highest BCUT2D eigenvalue weighted by Crippen LogP contribution is 2.14. The van der Waals surface area contributed by atoms with E-state index in [1.165, 1.54) is 18.4 Å². The summed E-state index contributed by atoms with van der Waals surface area (Å²) in [6.07, 6.45) is 6.60. The average Bonchev–Trinajstić information content (AvgIpc) is 1.99. The highest BCUT2D eigenvalue weighted by Gasteiger charge is 1.99. The summed E-state index contributed by atoms with van der Waals surface area (Å²) >= 11 is 0. The summed E-state index contributed by atoms with van der Waals surface area (Å²) in [5.74, 6) is 0.677. The normalized spacial score (nSPS) is 14.9. The molecule has 0 aliphatic rings. The van der Waals surface area contributed by atoms with Crippen molar-refractivity contribution in [2.24, 2.45) is 5.92 Å². The quantitative estimate of drug-likeness (QED) is 0.521. The minimum atomic E-state index is 0.677. The summed E-state index contributed by atoms with van der Waals surface area (Å²) in [5.41, 5.74) is 1.46. The number of hydrogen-bond acceptors (Lipinski definition) is 0. The molecule has 0 saturated heterocycles. The van der Waals surface area contributed by atoms with Crippen LogP contribution in [0.25, 0.3) is 0 Å². The first-order valence-electron chi connectivity index (χ1n) is 3.98. The van der Waals surface area contributed by atoms with Crippen molar-refractivity contribution in [2.75, 3.05) is 0 Å². The maximum Gasteiger partial charge on any atom is -0.0202 e. The van der Waals surface area contributed by atoms with Crippen LogP contribution in [0, 0.1) is 5.92 Å². The summed E-state index contributed by atoms with van der Waals surface area (Å²) in [7, 11) is 0. The fourth-order valence-corrected chi connectivity index (χ4v) is 0.926. The van der Waals surface area contributed by atoms with E-state index >= 15 is 0 Å². The predicted octanol–water partition coefficient (Wildman–Crippen LogP) is 3.55. The maximum atomic E-state index is 3.79. The van der Waals surface area contributed by atoms with E-state index in [2.05, 4.69) is 33.4 Å². The van der Waals surface area contributed by atoms with Crippen LogP contribution in [0.5, 0.6) is 0 Å². The third-order valence-corrected chi connectivity index (χ3v) is 1.93. The molecule has 0 amide bonds. The van der Waals surface area contributed by atoms with E-state index in [1.54, 1.807) is 0 Å². The first-order valence-corrected chi connectivity index (χ1v) is 3.98. The van der Waals surface area contributed by atoms with Gasteiger partial charge in [0.2, 0.25) is 0 Å². The smallest absolute Gasteiger partial charge is 0.0202 e. The molecule has 0 aliphatic heterocycles. The van der Waals surface area contributed by atoms with Crippen molar-refractivity contribution in [2.45, 2.75) is 33.6 Å². The standard InChI is InChI=1S/C10H18/c1-5-9(4)8-10(6-2)7-3/h5-6,10H,2,7-8H2,1,3-4H3. The van der Waals surface area contributed by atoms with Gasteiger partial charge in [-0.05, 0) is 32.6 Å². The lowest BCUT2D eigenvalue weighted by Crippen LogP contribution is -1.93. The van der Waals surface area contributed by atoms with Crippen LogP contribution in [0.2, 0.25) is 0 Å². The SMILES string of the molecule is C=CC(CC)CC(C)=CC. The van der Waals surface area contributed by atoms with Crippen molar-refractivity contribution in [3.05, 3.63) is 24.3 Å². The molecule has 0 radical (unpaired) electrons. The Bertz CT molecular complexity index is 120. The molecule has 0 aliphatic carbocycles. The fraction of sp³-hybridized carbons (Fsp3) is 0.600. The van der Waals surface area contributed by atoms with E-state index < -0.39 is 0 Å². The Morgan fingerprint density at radius 2 is 2.20 bits per heavy atom. The zero-order chi connectivity index (χ0) is 7.98. The Labute approximate surface area is 64.6 Å². The third-order valence-electron chi connectivity index (χ3n) is 1.93. The van der Waals surface area contributed by atoms with Gasteiger partial charge in [0, 0.05) is 0 Å². The lowest BCUT2D eigenvalue weighted by atomic mass is 9.98. The molecule has 1 unspecified atom stereocenters. The van der Waals surface area contributed by atoms with Crippen molar-refractivity contribution in [3.8, 4) is 0 Å². The van der Waals surface area contributed by atoms with Crippen molar-refractivity contribution in [1.82, 2.24) is 0 Å². The second-order valence-corrected chi connectivity index (χ2v) is 2.74. The average molecular weight is 138 g/mol. The molecule has 1 atom stereocenters. The molecule has 0 bridgehead atoms. The van der Waals surface area contributed by atoms with Crippen LogP contribution >= 0.6 is 0 Å². The van der Waals surface area contributed by atoms with Gasteiger partial charge in [-0.25, -0.2) is 0 Å². The van der Waals surface area contributed by atoms with Crippen molar-refractivity contribution in [1.29, 1.82) is 0 Å². The van der Waals surface area contributed by atoms with E-state index in [9.17, 15) is 0 Å². The molecule has 0 heteroatoms. The highest BCUT2D eigenvalue weighted by atomic mass is 14.0. The van der Waals surface area contributed by atoms with E-state index in [-0.39, 0.29) is 0 Å². The van der Waals surface area contributed by atoms with Crippen LogP contribution in [0.3, 0.4) is 0 Å². The van der Waals surface area contributed by atoms with Crippen LogP contribution in [0.1, 0.15) is 33.6 Å². The van der Waals surface area contributed by atoms with Gasteiger partial charge in [0.05, 0.1) is 0 Å². The second kappa shape index (κ2) is 5.28. The molecule has 0 nitrogen and oxygen atoms in total. The van der Waals surface area contributed by atoms with Gasteiger partial charge in [0.25, 0.3) is 0 Å². The second-order valence-electron chi connectivity index (χ2n) is 2.74. The Morgan fingerprint density at radius 3 is 2.50 bits per heavy atom. The number of hydrogen-bond donors (Lipinski definition) is 0. The molecule has 0 N–H and O–H groups in total. The summed E-state index contributed by atoms with van der Waals surface area (Å²) < 4.78 is 0. The molecule has 0 aromatic heterocycles. The lowest BCUT2D eigenvalue weighted by Gasteiger charge is -2.08. The van der Waals surface area contributed by atoms with Crippen molar-refractivity contribution >= 4 is 0 Å². The molecule has 0 aromatic carbocycles. The first-order chi connectivity index (χ1) is 4.74. The Balaban J connectivity index is 3.74. The minimum Gasteiger partial charge on any atom is -0.103 e. The van der Waals surface area contributed by atoms with Crippen LogP contribution in [0.15, 0.2) is 24.3 Å². The van der Waals surface area contributed by atoms with Gasteiger partial charge in [0.1, 0.15) is 0 Å². The van der Waals surface area contributed by atoms with E-state index in [0.29, 0.717) is 5.92 Å². The molecular formula is C10H18. The van der Waals surface area contributed by atoms with E-state index in [4.69, 9.17) is 0 Å². The lowest BCUT2D eigenvalue weighted by molar-refractivity contribution is 0.621. The van der Waals surface area contributed by atoms with Gasteiger partial charge >= 0.3 is 0 Å². The Hall–Kier alpha value is -0.520. The molecule has 0 aromatic rings. The minimum absolute atomic E-state index is 0.677. The zero-order valence-corrected chi connectivity index (χ0v) is 7.35.